The van der Waals surface area contributed by atoms with E-state index in [1.807, 2.05) is 12.1 Å². The van der Waals surface area contributed by atoms with E-state index in [4.69, 9.17) is 0 Å². The fraction of sp³-hybridized carbons (Fsp3) is 0.652. The monoisotopic (exact) mass is 387 g/mol. The largest absolute Gasteiger partial charge is 0.358 e. The van der Waals surface area contributed by atoms with Crippen LogP contribution in [0.25, 0.3) is 0 Å². The van der Waals surface area contributed by atoms with Gasteiger partial charge in [-0.15, -0.1) is 0 Å². The van der Waals surface area contributed by atoms with Crippen LogP contribution in [-0.2, 0) is 0 Å². The molecule has 0 unspecified atom stereocenters. The van der Waals surface area contributed by atoms with Gasteiger partial charge in [-0.3, -0.25) is 10.1 Å². The predicted octanol–water partition coefficient (Wildman–Crippen LogP) is 6.85. The molecule has 5 heteroatoms. The summed E-state index contributed by atoms with van der Waals surface area (Å²) in [5.74, 6) is 0. The van der Waals surface area contributed by atoms with E-state index in [1.165, 1.54) is 77.0 Å². The van der Waals surface area contributed by atoms with Crippen molar-refractivity contribution in [1.29, 1.82) is 0 Å². The molecule has 0 amide bonds. The van der Waals surface area contributed by atoms with Crippen LogP contribution in [0.2, 0.25) is 0 Å². The number of non-ortho nitro benzene ring substituents is 1. The molecule has 0 aliphatic carbocycles. The van der Waals surface area contributed by atoms with E-state index in [0.717, 1.165) is 18.9 Å². The zero-order chi connectivity index (χ0) is 20.0. The van der Waals surface area contributed by atoms with Crippen molar-refractivity contribution in [3.8, 4) is 0 Å². The van der Waals surface area contributed by atoms with Gasteiger partial charge in [0.1, 0.15) is 0 Å². The zero-order valence-corrected chi connectivity index (χ0v) is 17.5. The number of anilines is 1. The number of nitrogens with zero attached hydrogens (tertiary/aromatic N) is 3. The molecule has 1 aromatic rings. The highest BCUT2D eigenvalue weighted by Gasteiger charge is 2.14. The van der Waals surface area contributed by atoms with Crippen LogP contribution in [0.4, 0.5) is 11.4 Å². The van der Waals surface area contributed by atoms with Gasteiger partial charge in [0.25, 0.3) is 5.69 Å². The second-order valence-electron chi connectivity index (χ2n) is 7.88. The molecule has 0 atom stereocenters. The van der Waals surface area contributed by atoms with Gasteiger partial charge in [-0.25, -0.2) is 0 Å². The summed E-state index contributed by atoms with van der Waals surface area (Å²) in [6.07, 6.45) is 20.7. The quantitative estimate of drug-likeness (QED) is 0.188. The smallest absolute Gasteiger partial charge is 0.269 e. The van der Waals surface area contributed by atoms with Crippen molar-refractivity contribution < 1.29 is 4.92 Å². The highest BCUT2D eigenvalue weighted by Crippen LogP contribution is 2.22. The summed E-state index contributed by atoms with van der Waals surface area (Å²) >= 11 is 0. The van der Waals surface area contributed by atoms with Crippen LogP contribution in [0.1, 0.15) is 84.0 Å². The number of nitro groups is 1. The van der Waals surface area contributed by atoms with Crippen molar-refractivity contribution in [2.45, 2.75) is 84.0 Å². The lowest BCUT2D eigenvalue weighted by molar-refractivity contribution is -0.384. The van der Waals surface area contributed by atoms with E-state index in [1.54, 1.807) is 12.1 Å². The molecule has 0 radical (unpaired) electrons. The first-order chi connectivity index (χ1) is 13.7. The Morgan fingerprint density at radius 2 is 1.36 bits per heavy atom. The number of hydrogen-bond donors (Lipinski definition) is 0. The second-order valence-corrected chi connectivity index (χ2v) is 7.88. The van der Waals surface area contributed by atoms with Gasteiger partial charge in [-0.05, 0) is 18.6 Å². The van der Waals surface area contributed by atoms with Crippen molar-refractivity contribution in [2.75, 3.05) is 18.1 Å². The minimum Gasteiger partial charge on any atom is -0.358 e. The molecule has 0 saturated heterocycles. The second kappa shape index (κ2) is 13.2. The van der Waals surface area contributed by atoms with Gasteiger partial charge in [0.15, 0.2) is 0 Å². The first-order valence-corrected chi connectivity index (χ1v) is 11.1. The Hall–Kier alpha value is -2.04. The number of hydrogen-bond acceptors (Lipinski definition) is 4. The maximum Gasteiger partial charge on any atom is 0.269 e. The van der Waals surface area contributed by atoms with Crippen molar-refractivity contribution in [1.82, 2.24) is 4.90 Å². The fourth-order valence-electron chi connectivity index (χ4n) is 3.70. The van der Waals surface area contributed by atoms with Crippen LogP contribution in [0.3, 0.4) is 0 Å². The van der Waals surface area contributed by atoms with Crippen molar-refractivity contribution in [2.24, 2.45) is 0 Å². The number of rotatable bonds is 15. The summed E-state index contributed by atoms with van der Waals surface area (Å²) in [7, 11) is 0. The van der Waals surface area contributed by atoms with Crippen molar-refractivity contribution in [3.05, 3.63) is 46.8 Å². The maximum absolute atomic E-state index is 10.7. The van der Waals surface area contributed by atoms with Gasteiger partial charge in [-0.2, -0.15) is 0 Å². The van der Waals surface area contributed by atoms with E-state index in [2.05, 4.69) is 29.1 Å². The molecule has 0 bridgehead atoms. The number of benzene rings is 1. The molecule has 0 aromatic heterocycles. The summed E-state index contributed by atoms with van der Waals surface area (Å²) in [5.41, 5.74) is 1.14. The Balaban J connectivity index is 1.47. The summed E-state index contributed by atoms with van der Waals surface area (Å²) in [6.45, 7) is 4.18. The lowest BCUT2D eigenvalue weighted by atomic mass is 10.1. The molecule has 2 rings (SSSR count). The molecule has 1 aliphatic heterocycles. The van der Waals surface area contributed by atoms with E-state index < -0.39 is 0 Å². The summed E-state index contributed by atoms with van der Waals surface area (Å²) in [5, 5.41) is 10.7. The molecule has 1 aromatic carbocycles. The van der Waals surface area contributed by atoms with E-state index in [9.17, 15) is 10.1 Å². The number of nitro benzene ring substituents is 1. The Bertz CT molecular complexity index is 586. The first-order valence-electron chi connectivity index (χ1n) is 11.1. The normalized spacial score (nSPS) is 13.5. The molecule has 0 saturated carbocycles. The summed E-state index contributed by atoms with van der Waals surface area (Å²) < 4.78 is 0. The first kappa shape index (κ1) is 22.3. The van der Waals surface area contributed by atoms with E-state index >= 15 is 0 Å². The minimum absolute atomic E-state index is 0.139. The van der Waals surface area contributed by atoms with Crippen molar-refractivity contribution >= 4 is 11.4 Å². The van der Waals surface area contributed by atoms with Crippen LogP contribution < -0.4 is 4.90 Å². The molecule has 1 aliphatic rings. The molecule has 0 N–H and O–H groups in total. The van der Waals surface area contributed by atoms with Crippen LogP contribution in [0.15, 0.2) is 36.7 Å². The van der Waals surface area contributed by atoms with E-state index in [-0.39, 0.29) is 10.6 Å². The Morgan fingerprint density at radius 1 is 0.821 bits per heavy atom. The summed E-state index contributed by atoms with van der Waals surface area (Å²) in [6, 6.07) is 6.76. The highest BCUT2D eigenvalue weighted by molar-refractivity contribution is 5.53. The third-order valence-corrected chi connectivity index (χ3v) is 5.48. The lowest BCUT2D eigenvalue weighted by Crippen LogP contribution is -2.25. The molecular formula is C23H37N3O2. The topological polar surface area (TPSA) is 49.6 Å². The third kappa shape index (κ3) is 8.32. The standard InChI is InChI=1S/C23H37N3O2/c1-2-3-4-5-6-7-8-9-10-11-12-13-18-24-19-20-25(21-24)22-14-16-23(17-15-22)26(27)28/h14-17,19-20H,2-13,18,21H2,1H3. The van der Waals surface area contributed by atoms with Crippen LogP contribution in [-0.4, -0.2) is 23.0 Å². The molecular weight excluding hydrogens is 350 g/mol. The molecule has 156 valence electrons. The molecule has 1 heterocycles. The van der Waals surface area contributed by atoms with Gasteiger partial charge in [0, 0.05) is 36.8 Å². The Kier molecular flexibility index (Phi) is 10.5. The third-order valence-electron chi connectivity index (χ3n) is 5.48. The van der Waals surface area contributed by atoms with Crippen LogP contribution >= 0.6 is 0 Å². The highest BCUT2D eigenvalue weighted by atomic mass is 16.6. The SMILES string of the molecule is CCCCCCCCCCCCCCN1C=CN(c2ccc([N+](=O)[O-])cc2)C1. The predicted molar refractivity (Wildman–Crippen MR) is 117 cm³/mol. The van der Waals surface area contributed by atoms with Gasteiger partial charge in [-0.1, -0.05) is 77.6 Å². The average molecular weight is 388 g/mol. The molecule has 28 heavy (non-hydrogen) atoms. The zero-order valence-electron chi connectivity index (χ0n) is 17.5. The Morgan fingerprint density at radius 3 is 1.89 bits per heavy atom. The van der Waals surface area contributed by atoms with Gasteiger partial charge in [0.2, 0.25) is 0 Å². The minimum atomic E-state index is -0.358. The molecule has 0 fully saturated rings. The lowest BCUT2D eigenvalue weighted by Gasteiger charge is -2.21. The fourth-order valence-corrected chi connectivity index (χ4v) is 3.70. The van der Waals surface area contributed by atoms with E-state index in [0.29, 0.717) is 0 Å². The Labute approximate surface area is 170 Å². The van der Waals surface area contributed by atoms with Crippen LogP contribution in [0, 0.1) is 10.1 Å². The van der Waals surface area contributed by atoms with Crippen LogP contribution in [0.5, 0.6) is 0 Å². The summed E-state index contributed by atoms with van der Waals surface area (Å²) in [4.78, 5) is 14.8. The van der Waals surface area contributed by atoms with Gasteiger partial charge in [0.05, 0.1) is 11.6 Å². The van der Waals surface area contributed by atoms with Gasteiger partial charge < -0.3 is 9.80 Å². The molecule has 0 spiro atoms. The molecule has 5 nitrogen and oxygen atoms in total. The van der Waals surface area contributed by atoms with Gasteiger partial charge >= 0.3 is 0 Å². The maximum atomic E-state index is 10.7. The average Bonchev–Trinajstić information content (AvgIpc) is 3.18. The van der Waals surface area contributed by atoms with Crippen molar-refractivity contribution in [3.63, 3.8) is 0 Å². The number of unbranched alkanes of at least 4 members (excludes halogenated alkanes) is 11.